The molecule has 1 saturated heterocycles. The first-order valence-electron chi connectivity index (χ1n) is 19.7. The molecule has 12 nitrogen and oxygen atoms in total. The smallest absolute Gasteiger partial charge is 0.410 e. The lowest BCUT2D eigenvalue weighted by atomic mass is 9.87. The van der Waals surface area contributed by atoms with Gasteiger partial charge in [0.1, 0.15) is 29.5 Å². The summed E-state index contributed by atoms with van der Waals surface area (Å²) in [6, 6.07) is 5.67. The van der Waals surface area contributed by atoms with Gasteiger partial charge in [-0.25, -0.2) is 26.4 Å². The fraction of sp³-hybridized carbons (Fsp3) is 0.561. The summed E-state index contributed by atoms with van der Waals surface area (Å²) in [6.45, 7) is 9.12. The highest BCUT2D eigenvalue weighted by atomic mass is 35.5. The number of rotatable bonds is 14. The highest BCUT2D eigenvalue weighted by Crippen LogP contribution is 2.57. The van der Waals surface area contributed by atoms with E-state index in [1.54, 1.807) is 12.1 Å². The predicted molar refractivity (Wildman–Crippen MR) is 209 cm³/mol. The molecule has 5 atom stereocenters. The van der Waals surface area contributed by atoms with Crippen LogP contribution in [0, 0.1) is 23.1 Å². The fourth-order valence-electron chi connectivity index (χ4n) is 8.30. The van der Waals surface area contributed by atoms with Gasteiger partial charge in [-0.1, -0.05) is 50.6 Å². The third-order valence-corrected chi connectivity index (χ3v) is 13.8. The van der Waals surface area contributed by atoms with Crippen LogP contribution in [0.4, 0.5) is 23.7 Å². The van der Waals surface area contributed by atoms with E-state index < -0.39 is 92.0 Å². The minimum absolute atomic E-state index is 0.0884. The van der Waals surface area contributed by atoms with Gasteiger partial charge in [-0.15, -0.1) is 6.58 Å². The fourth-order valence-corrected chi connectivity index (χ4v) is 9.92. The molecule has 5 aliphatic rings. The van der Waals surface area contributed by atoms with Gasteiger partial charge < -0.3 is 20.3 Å². The van der Waals surface area contributed by atoms with Crippen molar-refractivity contribution >= 4 is 51.1 Å². The molecular formula is C41H49ClF3N5O7S. The summed E-state index contributed by atoms with van der Waals surface area (Å²) in [5.41, 5.74) is -1.13. The monoisotopic (exact) mass is 847 g/mol. The molecule has 314 valence electrons. The number of ether oxygens (including phenoxy) is 1. The molecule has 7 rings (SSSR count). The Kier molecular flexibility index (Phi) is 11.1. The van der Waals surface area contributed by atoms with Crippen molar-refractivity contribution in [1.82, 2.24) is 19.8 Å². The first kappa shape index (κ1) is 41.8. The number of likely N-dealkylation sites (tertiary alicyclic amines) is 1. The van der Waals surface area contributed by atoms with Crippen molar-refractivity contribution in [2.75, 3.05) is 11.9 Å². The third-order valence-electron chi connectivity index (χ3n) is 11.6. The van der Waals surface area contributed by atoms with Crippen LogP contribution >= 0.6 is 11.6 Å². The van der Waals surface area contributed by atoms with Crippen LogP contribution in [0.2, 0.25) is 5.02 Å². The standard InChI is InChI=1S/C41H49ClF3N5O7S/c1-5-13-41(44,45)25-14-26(43)16-27(15-25)46-33(19-39(2,3)4)36(52)50-21-28(57-38(54)49-20-24-7-6-8-32(42)30(24)22-49)17-34(50)35(51)47-40(18-31(40)23-9-10-23)37(53)48-58(55,56)29-11-12-29/h5-8,14-16,23,28-29,31,33-34,46H,1,9-13,17-22H2,2-4H3,(H,47,51)(H,48,53). The van der Waals surface area contributed by atoms with E-state index in [0.29, 0.717) is 17.9 Å². The highest BCUT2D eigenvalue weighted by molar-refractivity contribution is 7.91. The molecule has 2 aromatic carbocycles. The van der Waals surface area contributed by atoms with Crippen molar-refractivity contribution in [1.29, 1.82) is 0 Å². The lowest BCUT2D eigenvalue weighted by Crippen LogP contribution is -2.58. The average molecular weight is 848 g/mol. The number of anilines is 1. The van der Waals surface area contributed by atoms with Gasteiger partial charge in [0.25, 0.3) is 11.8 Å². The van der Waals surface area contributed by atoms with Crippen LogP contribution < -0.4 is 15.4 Å². The first-order valence-corrected chi connectivity index (χ1v) is 21.6. The summed E-state index contributed by atoms with van der Waals surface area (Å²) in [5, 5.41) is 5.62. The second-order valence-corrected chi connectivity index (χ2v) is 20.0. The molecule has 3 saturated carbocycles. The summed E-state index contributed by atoms with van der Waals surface area (Å²) < 4.78 is 78.5. The molecule has 3 N–H and O–H groups in total. The van der Waals surface area contributed by atoms with Crippen LogP contribution in [0.15, 0.2) is 49.1 Å². The number of benzene rings is 2. The van der Waals surface area contributed by atoms with Crippen molar-refractivity contribution in [2.45, 2.75) is 120 Å². The number of carbonyl (C=O) groups excluding carboxylic acids is 4. The number of sulfonamides is 1. The Balaban J connectivity index is 1.16. The summed E-state index contributed by atoms with van der Waals surface area (Å²) in [6.07, 6.45) is 1.29. The summed E-state index contributed by atoms with van der Waals surface area (Å²) in [4.78, 5) is 59.2. The van der Waals surface area contributed by atoms with E-state index >= 15 is 0 Å². The Morgan fingerprint density at radius 3 is 2.45 bits per heavy atom. The molecule has 2 heterocycles. The number of hydrogen-bond donors (Lipinski definition) is 3. The molecule has 58 heavy (non-hydrogen) atoms. The second kappa shape index (κ2) is 15.4. The van der Waals surface area contributed by atoms with E-state index in [1.165, 1.54) is 9.80 Å². The number of allylic oxidation sites excluding steroid dienone is 1. The number of alkyl halides is 2. The normalized spacial score (nSPS) is 24.8. The Morgan fingerprint density at radius 1 is 1.09 bits per heavy atom. The quantitative estimate of drug-likeness (QED) is 0.185. The summed E-state index contributed by atoms with van der Waals surface area (Å²) >= 11 is 6.38. The molecule has 2 aliphatic heterocycles. The largest absolute Gasteiger partial charge is 0.444 e. The molecule has 0 aromatic heterocycles. The average Bonchev–Trinajstić information content (AvgIpc) is 4.05. The zero-order chi connectivity index (χ0) is 41.9. The van der Waals surface area contributed by atoms with Crippen LogP contribution in [-0.2, 0) is 48.2 Å². The molecule has 5 unspecified atom stereocenters. The number of hydrogen-bond acceptors (Lipinski definition) is 8. The minimum atomic E-state index is -3.94. The SMILES string of the molecule is C=CCC(F)(F)c1cc(F)cc(NC(CC(C)(C)C)C(=O)N2CC(OC(=O)N3Cc4cccc(Cl)c4C3)CC2C(=O)NC2(C(=O)NS(=O)(=O)C3CC3)CC2C2CC2)c1. The van der Waals surface area contributed by atoms with Gasteiger partial charge in [-0.05, 0) is 91.2 Å². The van der Waals surface area contributed by atoms with E-state index in [-0.39, 0.29) is 56.4 Å². The van der Waals surface area contributed by atoms with Crippen molar-refractivity contribution in [3.8, 4) is 0 Å². The summed E-state index contributed by atoms with van der Waals surface area (Å²) in [5.74, 6) is -6.78. The predicted octanol–water partition coefficient (Wildman–Crippen LogP) is 6.38. The van der Waals surface area contributed by atoms with Crippen molar-refractivity contribution < 1.29 is 45.5 Å². The van der Waals surface area contributed by atoms with Crippen LogP contribution in [0.25, 0.3) is 0 Å². The lowest BCUT2D eigenvalue weighted by molar-refractivity contribution is -0.140. The number of amides is 4. The molecule has 4 fully saturated rings. The number of nitrogens with zero attached hydrogens (tertiary/aromatic N) is 2. The minimum Gasteiger partial charge on any atom is -0.444 e. The molecule has 3 aliphatic carbocycles. The Morgan fingerprint density at radius 2 is 1.81 bits per heavy atom. The van der Waals surface area contributed by atoms with Gasteiger partial charge in [0.15, 0.2) is 0 Å². The first-order chi connectivity index (χ1) is 27.2. The topological polar surface area (TPSA) is 154 Å². The maximum Gasteiger partial charge on any atom is 0.410 e. The number of halogens is 4. The van der Waals surface area contributed by atoms with Crippen molar-refractivity contribution in [3.63, 3.8) is 0 Å². The lowest BCUT2D eigenvalue weighted by Gasteiger charge is -2.33. The van der Waals surface area contributed by atoms with Gasteiger partial charge in [0, 0.05) is 35.7 Å². The van der Waals surface area contributed by atoms with Crippen LogP contribution in [0.3, 0.4) is 0 Å². The molecule has 17 heteroatoms. The number of carbonyl (C=O) groups is 4. The second-order valence-electron chi connectivity index (χ2n) is 17.7. The Labute approximate surface area is 341 Å². The van der Waals surface area contributed by atoms with Crippen LogP contribution in [0.5, 0.6) is 0 Å². The molecular weight excluding hydrogens is 799 g/mol. The van der Waals surface area contributed by atoms with Gasteiger partial charge >= 0.3 is 6.09 Å². The van der Waals surface area contributed by atoms with Crippen molar-refractivity contribution in [2.24, 2.45) is 17.3 Å². The molecule has 4 amide bonds. The van der Waals surface area contributed by atoms with E-state index in [9.17, 15) is 40.8 Å². The maximum atomic E-state index is 14.9. The zero-order valence-corrected chi connectivity index (χ0v) is 34.2. The van der Waals surface area contributed by atoms with E-state index in [0.717, 1.165) is 48.2 Å². The molecule has 0 spiro atoms. The van der Waals surface area contributed by atoms with E-state index in [1.807, 2.05) is 26.8 Å². The number of nitrogens with one attached hydrogen (secondary N) is 3. The van der Waals surface area contributed by atoms with Crippen LogP contribution in [0.1, 0.15) is 88.8 Å². The third kappa shape index (κ3) is 8.97. The molecule has 0 bridgehead atoms. The highest BCUT2D eigenvalue weighted by Gasteiger charge is 2.67. The maximum absolute atomic E-state index is 14.9. The van der Waals surface area contributed by atoms with Gasteiger partial charge in [-0.2, -0.15) is 0 Å². The van der Waals surface area contributed by atoms with Crippen LogP contribution in [-0.4, -0.2) is 77.6 Å². The number of fused-ring (bicyclic) bond motifs is 1. The Bertz CT molecular complexity index is 2130. The van der Waals surface area contributed by atoms with E-state index in [4.69, 9.17) is 16.3 Å². The van der Waals surface area contributed by atoms with Gasteiger partial charge in [-0.3, -0.25) is 24.0 Å². The van der Waals surface area contributed by atoms with E-state index in [2.05, 4.69) is 21.9 Å². The zero-order valence-electron chi connectivity index (χ0n) is 32.7. The molecule has 2 aromatic rings. The van der Waals surface area contributed by atoms with Gasteiger partial charge in [0.2, 0.25) is 21.8 Å². The van der Waals surface area contributed by atoms with Crippen molar-refractivity contribution in [3.05, 3.63) is 76.6 Å². The van der Waals surface area contributed by atoms with Gasteiger partial charge in [0.05, 0.1) is 18.3 Å². The molecule has 0 radical (unpaired) electrons. The summed E-state index contributed by atoms with van der Waals surface area (Å²) in [7, 11) is -3.94. The Hall–Kier alpha value is -4.31.